The van der Waals surface area contributed by atoms with E-state index in [4.69, 9.17) is 10.8 Å². The third-order valence-corrected chi connectivity index (χ3v) is 3.42. The van der Waals surface area contributed by atoms with Crippen molar-refractivity contribution in [3.63, 3.8) is 0 Å². The van der Waals surface area contributed by atoms with Crippen LogP contribution in [-0.4, -0.2) is 40.1 Å². The van der Waals surface area contributed by atoms with E-state index in [0.29, 0.717) is 28.7 Å². The van der Waals surface area contributed by atoms with E-state index >= 15 is 0 Å². The number of nitrogen functional groups attached to an aromatic ring is 1. The number of rotatable bonds is 5. The standard InChI is InChI=1S/C11H19N3O2S/c1-7(2)14(5-4-6-15)10(16)9-8(3)13-11(12)17-9/h7,15H,4-6H2,1-3H3,(H2,12,13). The smallest absolute Gasteiger partial charge is 0.266 e. The number of hydrogen-bond donors (Lipinski definition) is 2. The summed E-state index contributed by atoms with van der Waals surface area (Å²) in [5.41, 5.74) is 6.26. The van der Waals surface area contributed by atoms with Crippen molar-refractivity contribution in [2.45, 2.75) is 33.2 Å². The highest BCUT2D eigenvalue weighted by Crippen LogP contribution is 2.22. The first-order valence-corrected chi connectivity index (χ1v) is 6.43. The molecule has 0 saturated heterocycles. The Hall–Kier alpha value is -1.14. The summed E-state index contributed by atoms with van der Waals surface area (Å²) in [6.07, 6.45) is 0.581. The zero-order valence-corrected chi connectivity index (χ0v) is 11.3. The molecule has 0 atom stereocenters. The number of carbonyl (C=O) groups excluding carboxylic acids is 1. The van der Waals surface area contributed by atoms with Crippen molar-refractivity contribution < 1.29 is 9.90 Å². The molecule has 0 spiro atoms. The van der Waals surface area contributed by atoms with E-state index in [2.05, 4.69) is 4.98 Å². The van der Waals surface area contributed by atoms with Gasteiger partial charge < -0.3 is 15.7 Å². The van der Waals surface area contributed by atoms with Crippen LogP contribution in [0.25, 0.3) is 0 Å². The van der Waals surface area contributed by atoms with Gasteiger partial charge in [-0.25, -0.2) is 4.98 Å². The van der Waals surface area contributed by atoms with Crippen LogP contribution in [0.5, 0.6) is 0 Å². The molecule has 0 unspecified atom stereocenters. The first kappa shape index (κ1) is 13.9. The lowest BCUT2D eigenvalue weighted by Gasteiger charge is -2.26. The SMILES string of the molecule is Cc1nc(N)sc1C(=O)N(CCCO)C(C)C. The van der Waals surface area contributed by atoms with E-state index in [1.807, 2.05) is 13.8 Å². The van der Waals surface area contributed by atoms with Crippen LogP contribution in [0.1, 0.15) is 35.6 Å². The van der Waals surface area contributed by atoms with Crippen molar-refractivity contribution in [2.75, 3.05) is 18.9 Å². The van der Waals surface area contributed by atoms with Crippen LogP contribution in [0, 0.1) is 6.92 Å². The highest BCUT2D eigenvalue weighted by molar-refractivity contribution is 7.17. The van der Waals surface area contributed by atoms with Gasteiger partial charge in [0, 0.05) is 19.2 Å². The Morgan fingerprint density at radius 1 is 1.59 bits per heavy atom. The zero-order chi connectivity index (χ0) is 13.0. The van der Waals surface area contributed by atoms with Gasteiger partial charge in [-0.1, -0.05) is 11.3 Å². The van der Waals surface area contributed by atoms with Gasteiger partial charge in [-0.2, -0.15) is 0 Å². The normalized spacial score (nSPS) is 10.9. The number of aliphatic hydroxyl groups is 1. The van der Waals surface area contributed by atoms with Crippen molar-refractivity contribution in [1.29, 1.82) is 0 Å². The van der Waals surface area contributed by atoms with Crippen LogP contribution in [0.3, 0.4) is 0 Å². The molecule has 1 aromatic rings. The van der Waals surface area contributed by atoms with Gasteiger partial charge in [0.25, 0.3) is 5.91 Å². The molecule has 17 heavy (non-hydrogen) atoms. The van der Waals surface area contributed by atoms with Gasteiger partial charge in [-0.15, -0.1) is 0 Å². The fraction of sp³-hybridized carbons (Fsp3) is 0.636. The van der Waals surface area contributed by atoms with Crippen molar-refractivity contribution in [2.24, 2.45) is 0 Å². The van der Waals surface area contributed by atoms with Crippen molar-refractivity contribution in [1.82, 2.24) is 9.88 Å². The van der Waals surface area contributed by atoms with Crippen LogP contribution in [0.15, 0.2) is 0 Å². The second-order valence-corrected chi connectivity index (χ2v) is 5.17. The number of aromatic nitrogens is 1. The van der Waals surface area contributed by atoms with Gasteiger partial charge in [-0.3, -0.25) is 4.79 Å². The Morgan fingerprint density at radius 3 is 2.65 bits per heavy atom. The zero-order valence-electron chi connectivity index (χ0n) is 10.4. The number of anilines is 1. The Balaban J connectivity index is 2.87. The maximum atomic E-state index is 12.3. The number of aryl methyl sites for hydroxylation is 1. The number of nitrogens with zero attached hydrogens (tertiary/aromatic N) is 2. The molecule has 1 aromatic heterocycles. The van der Waals surface area contributed by atoms with Gasteiger partial charge in [-0.05, 0) is 27.2 Å². The second-order valence-electron chi connectivity index (χ2n) is 4.14. The summed E-state index contributed by atoms with van der Waals surface area (Å²) in [4.78, 5) is 18.7. The first-order chi connectivity index (χ1) is 7.97. The molecule has 96 valence electrons. The molecule has 0 aliphatic heterocycles. The van der Waals surface area contributed by atoms with Crippen LogP contribution >= 0.6 is 11.3 Å². The first-order valence-electron chi connectivity index (χ1n) is 5.62. The van der Waals surface area contributed by atoms with E-state index in [9.17, 15) is 4.79 Å². The summed E-state index contributed by atoms with van der Waals surface area (Å²) in [7, 11) is 0. The molecule has 0 bridgehead atoms. The van der Waals surface area contributed by atoms with E-state index in [1.54, 1.807) is 11.8 Å². The summed E-state index contributed by atoms with van der Waals surface area (Å²) in [5, 5.41) is 9.25. The molecule has 6 heteroatoms. The fourth-order valence-corrected chi connectivity index (χ4v) is 2.37. The number of amides is 1. The average molecular weight is 257 g/mol. The summed E-state index contributed by atoms with van der Waals surface area (Å²) in [6, 6.07) is 0.0942. The Labute approximate surface area is 105 Å². The second kappa shape index (κ2) is 5.97. The van der Waals surface area contributed by atoms with Gasteiger partial charge in [0.1, 0.15) is 4.88 Å². The average Bonchev–Trinajstić information content (AvgIpc) is 2.57. The van der Waals surface area contributed by atoms with Crippen LogP contribution in [-0.2, 0) is 0 Å². The van der Waals surface area contributed by atoms with Crippen molar-refractivity contribution in [3.05, 3.63) is 10.6 Å². The highest BCUT2D eigenvalue weighted by atomic mass is 32.1. The topological polar surface area (TPSA) is 79.5 Å². The molecule has 0 aromatic carbocycles. The molecule has 0 saturated carbocycles. The molecule has 5 nitrogen and oxygen atoms in total. The number of nitrogens with two attached hydrogens (primary N) is 1. The maximum absolute atomic E-state index is 12.3. The number of hydrogen-bond acceptors (Lipinski definition) is 5. The molecular formula is C11H19N3O2S. The van der Waals surface area contributed by atoms with Crippen LogP contribution in [0.4, 0.5) is 5.13 Å². The van der Waals surface area contributed by atoms with Crippen molar-refractivity contribution >= 4 is 22.4 Å². The minimum Gasteiger partial charge on any atom is -0.396 e. The molecule has 3 N–H and O–H groups in total. The summed E-state index contributed by atoms with van der Waals surface area (Å²) >= 11 is 1.21. The lowest BCUT2D eigenvalue weighted by Crippen LogP contribution is -2.38. The number of thiazole rings is 1. The van der Waals surface area contributed by atoms with E-state index in [-0.39, 0.29) is 18.6 Å². The monoisotopic (exact) mass is 257 g/mol. The lowest BCUT2D eigenvalue weighted by molar-refractivity contribution is 0.0697. The molecule has 0 aliphatic rings. The molecule has 0 fully saturated rings. The molecule has 0 aliphatic carbocycles. The Morgan fingerprint density at radius 2 is 2.24 bits per heavy atom. The van der Waals surface area contributed by atoms with Gasteiger partial charge in [0.2, 0.25) is 0 Å². The van der Waals surface area contributed by atoms with Gasteiger partial charge in [0.15, 0.2) is 5.13 Å². The maximum Gasteiger partial charge on any atom is 0.266 e. The summed E-state index contributed by atoms with van der Waals surface area (Å²) < 4.78 is 0. The lowest BCUT2D eigenvalue weighted by atomic mass is 10.2. The molecule has 1 heterocycles. The van der Waals surface area contributed by atoms with Gasteiger partial charge in [0.05, 0.1) is 5.69 Å². The largest absolute Gasteiger partial charge is 0.396 e. The third-order valence-electron chi connectivity index (χ3n) is 2.45. The summed E-state index contributed by atoms with van der Waals surface area (Å²) in [6.45, 7) is 6.32. The van der Waals surface area contributed by atoms with Crippen LogP contribution < -0.4 is 5.73 Å². The van der Waals surface area contributed by atoms with Crippen molar-refractivity contribution in [3.8, 4) is 0 Å². The van der Waals surface area contributed by atoms with E-state index < -0.39 is 0 Å². The Kier molecular flexibility index (Phi) is 4.89. The molecule has 0 radical (unpaired) electrons. The number of aliphatic hydroxyl groups excluding tert-OH is 1. The minimum atomic E-state index is -0.0554. The third kappa shape index (κ3) is 3.41. The quantitative estimate of drug-likeness (QED) is 0.832. The molecule has 1 rings (SSSR count). The fourth-order valence-electron chi connectivity index (χ4n) is 1.58. The van der Waals surface area contributed by atoms with Gasteiger partial charge >= 0.3 is 0 Å². The van der Waals surface area contributed by atoms with E-state index in [1.165, 1.54) is 11.3 Å². The predicted octanol–water partition coefficient (Wildman–Crippen LogP) is 1.27. The highest BCUT2D eigenvalue weighted by Gasteiger charge is 2.22. The van der Waals surface area contributed by atoms with E-state index in [0.717, 1.165) is 0 Å². The molecule has 1 amide bonds. The summed E-state index contributed by atoms with van der Waals surface area (Å²) in [5.74, 6) is -0.0554. The number of carbonyl (C=O) groups is 1. The minimum absolute atomic E-state index is 0.0554. The molecular weight excluding hydrogens is 238 g/mol. The van der Waals surface area contributed by atoms with Crippen LogP contribution in [0.2, 0.25) is 0 Å². The Bertz CT molecular complexity index is 390. The predicted molar refractivity (Wildman–Crippen MR) is 69.1 cm³/mol.